The van der Waals surface area contributed by atoms with Crippen LogP contribution in [0, 0.1) is 6.92 Å². The number of aromatic nitrogens is 1. The summed E-state index contributed by atoms with van der Waals surface area (Å²) in [7, 11) is -3.71. The minimum atomic E-state index is -3.71. The van der Waals surface area contributed by atoms with Gasteiger partial charge in [-0.3, -0.25) is 4.98 Å². The summed E-state index contributed by atoms with van der Waals surface area (Å²) in [5.74, 6) is 0. The molecule has 6 heteroatoms. The average molecular weight is 291 g/mol. The second kappa shape index (κ2) is 5.60. The number of nitrogens with zero attached hydrogens (tertiary/aromatic N) is 1. The van der Waals surface area contributed by atoms with E-state index in [2.05, 4.69) is 10.3 Å². The smallest absolute Gasteiger partial charge is 0.238 e. The normalized spacial score (nSPS) is 12.9. The minimum Gasteiger partial charge on any atom is -0.377 e. The Morgan fingerprint density at radius 3 is 2.55 bits per heavy atom. The van der Waals surface area contributed by atoms with Gasteiger partial charge in [-0.1, -0.05) is 12.1 Å². The molecule has 0 fully saturated rings. The maximum atomic E-state index is 11.5. The lowest BCUT2D eigenvalue weighted by Crippen LogP contribution is -2.15. The minimum absolute atomic E-state index is 0.0365. The lowest BCUT2D eigenvalue weighted by Gasteiger charge is -2.17. The molecule has 0 saturated heterocycles. The Balaban J connectivity index is 2.31. The summed E-state index contributed by atoms with van der Waals surface area (Å²) >= 11 is 0. The molecule has 106 valence electrons. The van der Waals surface area contributed by atoms with Crippen LogP contribution in [0.3, 0.4) is 0 Å². The first-order chi connectivity index (χ1) is 9.39. The second-order valence-corrected chi connectivity index (χ2v) is 6.12. The fraction of sp³-hybridized carbons (Fsp3) is 0.214. The van der Waals surface area contributed by atoms with Crippen LogP contribution in [-0.4, -0.2) is 13.4 Å². The molecule has 20 heavy (non-hydrogen) atoms. The van der Waals surface area contributed by atoms with E-state index >= 15 is 0 Å². The predicted octanol–water partition coefficient (Wildman–Crippen LogP) is 2.21. The van der Waals surface area contributed by atoms with Crippen molar-refractivity contribution in [2.45, 2.75) is 24.8 Å². The van der Waals surface area contributed by atoms with E-state index in [9.17, 15) is 8.42 Å². The van der Waals surface area contributed by atoms with Gasteiger partial charge < -0.3 is 5.32 Å². The van der Waals surface area contributed by atoms with E-state index in [0.717, 1.165) is 11.4 Å². The number of primary sulfonamides is 1. The summed E-state index contributed by atoms with van der Waals surface area (Å²) in [6, 6.07) is 10.6. The standard InChI is InChI=1S/C14H17N3O2S/c1-10-12(7-5-8-14(10)20(15,18)19)17-11(2)13-6-3-4-9-16-13/h3-9,11,17H,1-2H3,(H2,15,18,19). The zero-order chi connectivity index (χ0) is 14.8. The van der Waals surface area contributed by atoms with E-state index < -0.39 is 10.0 Å². The largest absolute Gasteiger partial charge is 0.377 e. The Hall–Kier alpha value is -1.92. The van der Waals surface area contributed by atoms with E-state index in [1.807, 2.05) is 31.2 Å². The molecule has 0 aliphatic heterocycles. The van der Waals surface area contributed by atoms with Crippen molar-refractivity contribution >= 4 is 15.7 Å². The first-order valence-electron chi connectivity index (χ1n) is 6.19. The van der Waals surface area contributed by atoms with Crippen LogP contribution >= 0.6 is 0 Å². The van der Waals surface area contributed by atoms with Gasteiger partial charge in [0.1, 0.15) is 0 Å². The number of nitrogens with two attached hydrogens (primary N) is 1. The molecule has 3 N–H and O–H groups in total. The van der Waals surface area contributed by atoms with Crippen molar-refractivity contribution in [2.24, 2.45) is 5.14 Å². The highest BCUT2D eigenvalue weighted by atomic mass is 32.2. The summed E-state index contributed by atoms with van der Waals surface area (Å²) in [4.78, 5) is 4.41. The monoisotopic (exact) mass is 291 g/mol. The van der Waals surface area contributed by atoms with Crippen LogP contribution in [0.5, 0.6) is 0 Å². The number of hydrogen-bond acceptors (Lipinski definition) is 4. The molecule has 5 nitrogen and oxygen atoms in total. The Kier molecular flexibility index (Phi) is 4.06. The average Bonchev–Trinajstić information content (AvgIpc) is 2.40. The summed E-state index contributed by atoms with van der Waals surface area (Å²) in [6.45, 7) is 3.69. The highest BCUT2D eigenvalue weighted by Gasteiger charge is 2.15. The maximum Gasteiger partial charge on any atom is 0.238 e. The van der Waals surface area contributed by atoms with Crippen LogP contribution in [0.2, 0.25) is 0 Å². The van der Waals surface area contributed by atoms with Crippen molar-refractivity contribution in [1.29, 1.82) is 0 Å². The Morgan fingerprint density at radius 1 is 1.20 bits per heavy atom. The molecule has 0 amide bonds. The quantitative estimate of drug-likeness (QED) is 0.904. The molecule has 0 radical (unpaired) electrons. The van der Waals surface area contributed by atoms with Crippen molar-refractivity contribution in [3.05, 3.63) is 53.9 Å². The van der Waals surface area contributed by atoms with Gasteiger partial charge in [-0.2, -0.15) is 0 Å². The van der Waals surface area contributed by atoms with Crippen LogP contribution in [-0.2, 0) is 10.0 Å². The zero-order valence-electron chi connectivity index (χ0n) is 11.4. The fourth-order valence-corrected chi connectivity index (χ4v) is 2.82. The number of hydrogen-bond donors (Lipinski definition) is 2. The number of pyridine rings is 1. The molecule has 1 atom stereocenters. The third kappa shape index (κ3) is 3.15. The van der Waals surface area contributed by atoms with Gasteiger partial charge in [0.05, 0.1) is 16.6 Å². The van der Waals surface area contributed by atoms with Gasteiger partial charge in [0.25, 0.3) is 0 Å². The van der Waals surface area contributed by atoms with Gasteiger partial charge in [0.2, 0.25) is 10.0 Å². The van der Waals surface area contributed by atoms with Crippen LogP contribution < -0.4 is 10.5 Å². The van der Waals surface area contributed by atoms with Crippen molar-refractivity contribution in [3.8, 4) is 0 Å². The molecule has 0 aliphatic carbocycles. The summed E-state index contributed by atoms with van der Waals surface area (Å²) in [6.07, 6.45) is 1.72. The van der Waals surface area contributed by atoms with E-state index in [-0.39, 0.29) is 10.9 Å². The number of anilines is 1. The van der Waals surface area contributed by atoms with Crippen LogP contribution in [0.4, 0.5) is 5.69 Å². The number of nitrogens with one attached hydrogen (secondary N) is 1. The molecule has 1 unspecified atom stereocenters. The SMILES string of the molecule is Cc1c(NC(C)c2ccccn2)cccc1S(N)(=O)=O. The molecular formula is C14H17N3O2S. The first kappa shape index (κ1) is 14.5. The Morgan fingerprint density at radius 2 is 1.95 bits per heavy atom. The van der Waals surface area contributed by atoms with Crippen molar-refractivity contribution < 1.29 is 8.42 Å². The summed E-state index contributed by atoms with van der Waals surface area (Å²) in [5.41, 5.74) is 2.22. The maximum absolute atomic E-state index is 11.5. The topological polar surface area (TPSA) is 85.1 Å². The summed E-state index contributed by atoms with van der Waals surface area (Å²) in [5, 5.41) is 8.46. The van der Waals surface area contributed by atoms with Crippen molar-refractivity contribution in [2.75, 3.05) is 5.32 Å². The van der Waals surface area contributed by atoms with Crippen LogP contribution in [0.25, 0.3) is 0 Å². The first-order valence-corrected chi connectivity index (χ1v) is 7.74. The van der Waals surface area contributed by atoms with Gasteiger partial charge in [-0.15, -0.1) is 0 Å². The van der Waals surface area contributed by atoms with Gasteiger partial charge in [-0.25, -0.2) is 13.6 Å². The summed E-state index contributed by atoms with van der Waals surface area (Å²) < 4.78 is 23.0. The second-order valence-electron chi connectivity index (χ2n) is 4.59. The number of benzene rings is 1. The fourth-order valence-electron chi connectivity index (χ4n) is 2.02. The van der Waals surface area contributed by atoms with Crippen LogP contribution in [0.1, 0.15) is 24.2 Å². The lowest BCUT2D eigenvalue weighted by atomic mass is 10.1. The van der Waals surface area contributed by atoms with Gasteiger partial charge in [0.15, 0.2) is 0 Å². The van der Waals surface area contributed by atoms with E-state index in [4.69, 9.17) is 5.14 Å². The predicted molar refractivity (Wildman–Crippen MR) is 78.8 cm³/mol. The molecule has 1 heterocycles. The zero-order valence-corrected chi connectivity index (χ0v) is 12.2. The van der Waals surface area contributed by atoms with Crippen molar-refractivity contribution in [3.63, 3.8) is 0 Å². The van der Waals surface area contributed by atoms with E-state index in [1.165, 1.54) is 6.07 Å². The van der Waals surface area contributed by atoms with Gasteiger partial charge in [-0.05, 0) is 43.7 Å². The molecule has 1 aromatic heterocycles. The molecular weight excluding hydrogens is 274 g/mol. The molecule has 2 aromatic rings. The van der Waals surface area contributed by atoms with Crippen molar-refractivity contribution in [1.82, 2.24) is 4.98 Å². The van der Waals surface area contributed by atoms with E-state index in [0.29, 0.717) is 5.56 Å². The lowest BCUT2D eigenvalue weighted by molar-refractivity contribution is 0.597. The highest BCUT2D eigenvalue weighted by molar-refractivity contribution is 7.89. The molecule has 1 aromatic carbocycles. The molecule has 0 saturated carbocycles. The molecule has 0 aliphatic rings. The highest BCUT2D eigenvalue weighted by Crippen LogP contribution is 2.25. The number of rotatable bonds is 4. The van der Waals surface area contributed by atoms with Gasteiger partial charge >= 0.3 is 0 Å². The van der Waals surface area contributed by atoms with E-state index in [1.54, 1.807) is 19.2 Å². The third-order valence-electron chi connectivity index (χ3n) is 3.09. The Bertz CT molecular complexity index is 700. The Labute approximate surface area is 118 Å². The molecule has 2 rings (SSSR count). The molecule has 0 bridgehead atoms. The van der Waals surface area contributed by atoms with Gasteiger partial charge in [0, 0.05) is 11.9 Å². The van der Waals surface area contributed by atoms with Crippen LogP contribution in [0.15, 0.2) is 47.5 Å². The number of sulfonamides is 1. The third-order valence-corrected chi connectivity index (χ3v) is 4.15. The molecule has 0 spiro atoms.